The van der Waals surface area contributed by atoms with E-state index in [9.17, 15) is 9.59 Å². The first kappa shape index (κ1) is 13.8. The smallest absolute Gasteiger partial charge is 0.332 e. The summed E-state index contributed by atoms with van der Waals surface area (Å²) in [5.41, 5.74) is 0.883. The van der Waals surface area contributed by atoms with E-state index in [-0.39, 0.29) is 5.91 Å². The Morgan fingerprint density at radius 3 is 2.74 bits per heavy atom. The molecule has 1 aliphatic rings. The molecule has 1 heterocycles. The summed E-state index contributed by atoms with van der Waals surface area (Å²) >= 11 is 5.84. The van der Waals surface area contributed by atoms with Gasteiger partial charge in [0.25, 0.3) is 0 Å². The molecule has 0 aliphatic carbocycles. The van der Waals surface area contributed by atoms with Gasteiger partial charge in [-0.1, -0.05) is 23.7 Å². The molecule has 0 aromatic heterocycles. The Morgan fingerprint density at radius 2 is 2.11 bits per heavy atom. The molecule has 0 spiro atoms. The lowest BCUT2D eigenvalue weighted by molar-refractivity contribution is -0.151. The number of ether oxygens (including phenoxy) is 1. The number of amides is 1. The highest BCUT2D eigenvalue weighted by molar-refractivity contribution is 6.30. The van der Waals surface area contributed by atoms with Gasteiger partial charge in [-0.25, -0.2) is 4.79 Å². The van der Waals surface area contributed by atoms with Crippen LogP contribution < -0.4 is 5.32 Å². The Balaban J connectivity index is 1.84. The average Bonchev–Trinajstić information content (AvgIpc) is 2.86. The Labute approximate surface area is 115 Å². The molecule has 1 aliphatic heterocycles. The molecule has 1 aromatic rings. The van der Waals surface area contributed by atoms with E-state index in [1.165, 1.54) is 0 Å². The second-order valence-electron chi connectivity index (χ2n) is 4.38. The number of aliphatic carboxylic acids is 1. The summed E-state index contributed by atoms with van der Waals surface area (Å²) in [5, 5.41) is 12.1. The van der Waals surface area contributed by atoms with E-state index in [4.69, 9.17) is 21.4 Å². The van der Waals surface area contributed by atoms with E-state index in [0.29, 0.717) is 24.4 Å². The van der Waals surface area contributed by atoms with Gasteiger partial charge in [0.05, 0.1) is 0 Å². The van der Waals surface area contributed by atoms with E-state index >= 15 is 0 Å². The molecular weight excluding hydrogens is 270 g/mol. The molecule has 1 amide bonds. The largest absolute Gasteiger partial charge is 0.479 e. The fraction of sp³-hybridized carbons (Fsp3) is 0.385. The lowest BCUT2D eigenvalue weighted by atomic mass is 10.2. The van der Waals surface area contributed by atoms with Crippen LogP contribution in [0.3, 0.4) is 0 Å². The SMILES string of the molecule is O=C(O)C1CCC(C(=O)NCc2cccc(Cl)c2)O1. The first-order chi connectivity index (χ1) is 9.06. The number of halogens is 1. The molecular formula is C13H14ClNO4. The van der Waals surface area contributed by atoms with Crippen molar-refractivity contribution >= 4 is 23.5 Å². The topological polar surface area (TPSA) is 75.6 Å². The van der Waals surface area contributed by atoms with Crippen molar-refractivity contribution in [2.75, 3.05) is 0 Å². The zero-order valence-electron chi connectivity index (χ0n) is 10.1. The molecule has 5 nitrogen and oxygen atoms in total. The Bertz CT molecular complexity index is 491. The van der Waals surface area contributed by atoms with Gasteiger partial charge in [0, 0.05) is 11.6 Å². The number of hydrogen-bond donors (Lipinski definition) is 2. The minimum atomic E-state index is -1.02. The molecule has 2 unspecified atom stereocenters. The van der Waals surface area contributed by atoms with Crippen LogP contribution in [0, 0.1) is 0 Å². The van der Waals surface area contributed by atoms with Crippen LogP contribution in [0.4, 0.5) is 0 Å². The number of rotatable bonds is 4. The summed E-state index contributed by atoms with van der Waals surface area (Å²) in [4.78, 5) is 22.5. The van der Waals surface area contributed by atoms with Crippen LogP contribution in [0.2, 0.25) is 5.02 Å². The van der Waals surface area contributed by atoms with Crippen molar-refractivity contribution in [2.45, 2.75) is 31.6 Å². The molecule has 102 valence electrons. The van der Waals surface area contributed by atoms with Crippen molar-refractivity contribution in [2.24, 2.45) is 0 Å². The van der Waals surface area contributed by atoms with Crippen LogP contribution in [-0.2, 0) is 20.9 Å². The number of carboxylic acids is 1. The summed E-state index contributed by atoms with van der Waals surface area (Å²) in [6.45, 7) is 0.344. The fourth-order valence-corrected chi connectivity index (χ4v) is 2.17. The molecule has 2 N–H and O–H groups in total. The summed E-state index contributed by atoms with van der Waals surface area (Å²) in [7, 11) is 0. The molecule has 1 saturated heterocycles. The fourth-order valence-electron chi connectivity index (χ4n) is 1.96. The van der Waals surface area contributed by atoms with Crippen molar-refractivity contribution in [1.29, 1.82) is 0 Å². The number of carboxylic acid groups (broad SMARTS) is 1. The number of carbonyl (C=O) groups is 2. The first-order valence-corrected chi connectivity index (χ1v) is 6.34. The number of benzene rings is 1. The third kappa shape index (κ3) is 3.68. The zero-order valence-corrected chi connectivity index (χ0v) is 10.9. The molecule has 1 aromatic carbocycles. The molecule has 0 saturated carbocycles. The molecule has 0 radical (unpaired) electrons. The van der Waals surface area contributed by atoms with E-state index in [2.05, 4.69) is 5.32 Å². The first-order valence-electron chi connectivity index (χ1n) is 5.96. The van der Waals surface area contributed by atoms with Gasteiger partial charge in [0.1, 0.15) is 6.10 Å². The maximum Gasteiger partial charge on any atom is 0.332 e. The molecule has 2 rings (SSSR count). The number of nitrogens with one attached hydrogen (secondary N) is 1. The number of hydrogen-bond acceptors (Lipinski definition) is 3. The lowest BCUT2D eigenvalue weighted by Crippen LogP contribution is -2.35. The van der Waals surface area contributed by atoms with Gasteiger partial charge < -0.3 is 15.2 Å². The van der Waals surface area contributed by atoms with Gasteiger partial charge in [-0.3, -0.25) is 4.79 Å². The normalized spacial score (nSPS) is 22.2. The standard InChI is InChI=1S/C13H14ClNO4/c14-9-3-1-2-8(6-9)7-15-12(16)10-4-5-11(19-10)13(17)18/h1-3,6,10-11H,4-5,7H2,(H,15,16)(H,17,18). The quantitative estimate of drug-likeness (QED) is 0.880. The van der Waals surface area contributed by atoms with Crippen LogP contribution in [0.5, 0.6) is 0 Å². The molecule has 6 heteroatoms. The lowest BCUT2D eigenvalue weighted by Gasteiger charge is -2.11. The average molecular weight is 284 g/mol. The van der Waals surface area contributed by atoms with Gasteiger partial charge in [0.15, 0.2) is 6.10 Å². The van der Waals surface area contributed by atoms with Gasteiger partial charge in [-0.05, 0) is 30.5 Å². The third-order valence-electron chi connectivity index (χ3n) is 2.94. The van der Waals surface area contributed by atoms with Gasteiger partial charge >= 0.3 is 5.97 Å². The van der Waals surface area contributed by atoms with Gasteiger partial charge in [-0.15, -0.1) is 0 Å². The molecule has 0 bridgehead atoms. The van der Waals surface area contributed by atoms with Crippen LogP contribution >= 0.6 is 11.6 Å². The van der Waals surface area contributed by atoms with E-state index in [1.54, 1.807) is 18.2 Å². The molecule has 2 atom stereocenters. The summed E-state index contributed by atoms with van der Waals surface area (Å²) in [5.74, 6) is -1.31. The van der Waals surface area contributed by atoms with Crippen LogP contribution in [0.15, 0.2) is 24.3 Å². The van der Waals surface area contributed by atoms with Crippen LogP contribution in [0.1, 0.15) is 18.4 Å². The molecule has 19 heavy (non-hydrogen) atoms. The predicted molar refractivity (Wildman–Crippen MR) is 68.8 cm³/mol. The van der Waals surface area contributed by atoms with Crippen molar-refractivity contribution in [1.82, 2.24) is 5.32 Å². The highest BCUT2D eigenvalue weighted by atomic mass is 35.5. The summed E-state index contributed by atoms with van der Waals surface area (Å²) < 4.78 is 5.16. The van der Waals surface area contributed by atoms with Crippen molar-refractivity contribution in [3.05, 3.63) is 34.9 Å². The highest BCUT2D eigenvalue weighted by Gasteiger charge is 2.34. The maximum atomic E-state index is 11.8. The third-order valence-corrected chi connectivity index (χ3v) is 3.18. The van der Waals surface area contributed by atoms with E-state index < -0.39 is 18.2 Å². The Hall–Kier alpha value is -1.59. The maximum absolute atomic E-state index is 11.8. The summed E-state index contributed by atoms with van der Waals surface area (Å²) in [6, 6.07) is 7.17. The Kier molecular flexibility index (Phi) is 4.39. The monoisotopic (exact) mass is 283 g/mol. The van der Waals surface area contributed by atoms with Gasteiger partial charge in [0.2, 0.25) is 5.91 Å². The summed E-state index contributed by atoms with van der Waals surface area (Å²) in [6.07, 6.45) is -0.759. The second kappa shape index (κ2) is 6.04. The highest BCUT2D eigenvalue weighted by Crippen LogP contribution is 2.20. The number of carbonyl (C=O) groups excluding carboxylic acids is 1. The Morgan fingerprint density at radius 1 is 1.37 bits per heavy atom. The van der Waals surface area contributed by atoms with E-state index in [0.717, 1.165) is 5.56 Å². The second-order valence-corrected chi connectivity index (χ2v) is 4.81. The van der Waals surface area contributed by atoms with Crippen molar-refractivity contribution in [3.63, 3.8) is 0 Å². The molecule has 1 fully saturated rings. The van der Waals surface area contributed by atoms with Gasteiger partial charge in [-0.2, -0.15) is 0 Å². The zero-order chi connectivity index (χ0) is 13.8. The predicted octanol–water partition coefficient (Wildman–Crippen LogP) is 1.59. The van der Waals surface area contributed by atoms with Crippen molar-refractivity contribution < 1.29 is 19.4 Å². The van der Waals surface area contributed by atoms with Crippen molar-refractivity contribution in [3.8, 4) is 0 Å². The minimum absolute atomic E-state index is 0.288. The van der Waals surface area contributed by atoms with Crippen LogP contribution in [-0.4, -0.2) is 29.2 Å². The van der Waals surface area contributed by atoms with E-state index in [1.807, 2.05) is 6.07 Å². The minimum Gasteiger partial charge on any atom is -0.479 e. The van der Waals surface area contributed by atoms with Crippen LogP contribution in [0.25, 0.3) is 0 Å².